The van der Waals surface area contributed by atoms with Gasteiger partial charge in [-0.25, -0.2) is 0 Å². The first-order chi connectivity index (χ1) is 6.65. The number of fused-ring (bicyclic) bond motifs is 1. The molecule has 6 heteroatoms. The van der Waals surface area contributed by atoms with Crippen LogP contribution in [-0.2, 0) is 6.32 Å². The molecule has 1 aromatic rings. The summed E-state index contributed by atoms with van der Waals surface area (Å²) in [7, 11) is -1.59. The number of benzene rings is 1. The quantitative estimate of drug-likeness (QED) is 0.653. The van der Waals surface area contributed by atoms with Gasteiger partial charge in [-0.15, -0.1) is 0 Å². The van der Waals surface area contributed by atoms with Crippen molar-refractivity contribution in [3.63, 3.8) is 0 Å². The zero-order valence-corrected chi connectivity index (χ0v) is 7.80. The Hall–Kier alpha value is -1.13. The molecule has 0 unspecified atom stereocenters. The first-order valence-electron chi connectivity index (χ1n) is 4.47. The lowest BCUT2D eigenvalue weighted by Crippen LogP contribution is -2.18. The van der Waals surface area contributed by atoms with E-state index in [4.69, 9.17) is 19.4 Å². The van der Waals surface area contributed by atoms with Gasteiger partial charge in [0, 0.05) is 6.32 Å². The molecule has 72 valence electrons. The summed E-state index contributed by atoms with van der Waals surface area (Å²) < 4.78 is 10.7. The van der Waals surface area contributed by atoms with Crippen molar-refractivity contribution in [2.45, 2.75) is 13.1 Å². The van der Waals surface area contributed by atoms with Crippen molar-refractivity contribution in [3.8, 4) is 11.5 Å². The third-order valence-corrected chi connectivity index (χ3v) is 2.01. The highest BCUT2D eigenvalue weighted by Gasteiger charge is 2.26. The summed E-state index contributed by atoms with van der Waals surface area (Å²) >= 11 is 0. The molecule has 0 spiro atoms. The fourth-order valence-corrected chi connectivity index (χ4v) is 1.46. The molecule has 2 N–H and O–H groups in total. The maximum Gasteiger partial charge on any atom is 0.591 e. The van der Waals surface area contributed by atoms with Gasteiger partial charge in [-0.2, -0.15) is 0 Å². The van der Waals surface area contributed by atoms with Crippen LogP contribution in [0.2, 0.25) is 6.82 Å². The Morgan fingerprint density at radius 2 is 2.00 bits per heavy atom. The molecule has 0 aliphatic carbocycles. The highest BCUT2D eigenvalue weighted by atomic mass is 16.6. The fraction of sp³-hybridized carbons (Fsp3) is 0.250. The van der Waals surface area contributed by atoms with Crippen LogP contribution in [0.1, 0.15) is 5.56 Å². The maximum atomic E-state index is 8.79. The van der Waals surface area contributed by atoms with Crippen molar-refractivity contribution < 1.29 is 19.4 Å². The van der Waals surface area contributed by atoms with E-state index in [1.807, 2.05) is 0 Å². The van der Waals surface area contributed by atoms with E-state index in [1.165, 1.54) is 0 Å². The molecule has 0 radical (unpaired) electrons. The Balaban J connectivity index is 2.20. The van der Waals surface area contributed by atoms with Gasteiger partial charge in [0.15, 0.2) is 0 Å². The van der Waals surface area contributed by atoms with Crippen LogP contribution in [0, 0.1) is 0 Å². The predicted molar refractivity (Wildman–Crippen MR) is 53.2 cm³/mol. The number of hydrogen-bond acceptors (Lipinski definition) is 4. The van der Waals surface area contributed by atoms with Gasteiger partial charge in [0.1, 0.15) is 11.5 Å². The van der Waals surface area contributed by atoms with Crippen LogP contribution in [0.15, 0.2) is 18.2 Å². The van der Waals surface area contributed by atoms with Crippen molar-refractivity contribution in [2.75, 3.05) is 0 Å². The van der Waals surface area contributed by atoms with E-state index < -0.39 is 7.12 Å². The minimum absolute atomic E-state index is 0.199. The monoisotopic (exact) mass is 192 g/mol. The average Bonchev–Trinajstić information content (AvgIpc) is 2.42. The van der Waals surface area contributed by atoms with Crippen molar-refractivity contribution in [1.29, 1.82) is 0 Å². The summed E-state index contributed by atoms with van der Waals surface area (Å²) in [5.41, 5.74) is 0.816. The van der Waals surface area contributed by atoms with Gasteiger partial charge in [-0.05, 0) is 24.5 Å². The molecule has 1 heterocycles. The standard InChI is InChI=1S/C8H10B2O4/c1-9-13-7-3-2-6(5-10(11)12)4-8(7)14-9/h2-4,11-12H,5H2,1H3. The molecule has 2 rings (SSSR count). The minimum atomic E-state index is -1.33. The van der Waals surface area contributed by atoms with Crippen molar-refractivity contribution in [2.24, 2.45) is 0 Å². The smallest absolute Gasteiger partial charge is 0.523 e. The summed E-state index contributed by atoms with van der Waals surface area (Å²) in [6.45, 7) is 1.81. The lowest BCUT2D eigenvalue weighted by atomic mass is 9.82. The van der Waals surface area contributed by atoms with E-state index in [0.29, 0.717) is 11.5 Å². The van der Waals surface area contributed by atoms with Gasteiger partial charge in [-0.3, -0.25) is 0 Å². The second kappa shape index (κ2) is 3.55. The van der Waals surface area contributed by atoms with Gasteiger partial charge in [0.25, 0.3) is 0 Å². The maximum absolute atomic E-state index is 8.79. The Bertz CT molecular complexity index is 342. The molecule has 0 atom stereocenters. The van der Waals surface area contributed by atoms with Crippen molar-refractivity contribution >= 4 is 14.2 Å². The van der Waals surface area contributed by atoms with Crippen LogP contribution >= 0.6 is 0 Å². The molecule has 0 saturated heterocycles. The van der Waals surface area contributed by atoms with Gasteiger partial charge < -0.3 is 19.4 Å². The predicted octanol–water partition coefficient (Wildman–Crippen LogP) is 0.130. The van der Waals surface area contributed by atoms with Crippen molar-refractivity contribution in [3.05, 3.63) is 23.8 Å². The lowest BCUT2D eigenvalue weighted by Gasteiger charge is -2.02. The van der Waals surface area contributed by atoms with E-state index in [9.17, 15) is 0 Å². The Labute approximate surface area is 82.8 Å². The van der Waals surface area contributed by atoms with E-state index >= 15 is 0 Å². The molecule has 0 aromatic heterocycles. The number of hydrogen-bond donors (Lipinski definition) is 2. The van der Waals surface area contributed by atoms with Crippen LogP contribution in [0.25, 0.3) is 0 Å². The first kappa shape index (κ1) is 9.43. The first-order valence-corrected chi connectivity index (χ1v) is 4.47. The molecule has 1 aromatic carbocycles. The summed E-state index contributed by atoms with van der Waals surface area (Å²) in [5, 5.41) is 17.6. The molecular weight excluding hydrogens is 182 g/mol. The Kier molecular flexibility index (Phi) is 2.39. The highest BCUT2D eigenvalue weighted by Crippen LogP contribution is 2.34. The summed E-state index contributed by atoms with van der Waals surface area (Å²) in [5.74, 6) is 1.37. The van der Waals surface area contributed by atoms with Crippen LogP contribution < -0.4 is 9.31 Å². The third-order valence-electron chi connectivity index (χ3n) is 2.01. The summed E-state index contributed by atoms with van der Waals surface area (Å²) in [6.07, 6.45) is 0.199. The minimum Gasteiger partial charge on any atom is -0.523 e. The number of rotatable bonds is 2. The topological polar surface area (TPSA) is 58.9 Å². The second-order valence-electron chi connectivity index (χ2n) is 3.27. The zero-order valence-electron chi connectivity index (χ0n) is 7.80. The molecule has 14 heavy (non-hydrogen) atoms. The summed E-state index contributed by atoms with van der Waals surface area (Å²) in [4.78, 5) is 0. The van der Waals surface area contributed by atoms with E-state index in [2.05, 4.69) is 0 Å². The Morgan fingerprint density at radius 3 is 2.71 bits per heavy atom. The van der Waals surface area contributed by atoms with Gasteiger partial charge >= 0.3 is 14.2 Å². The molecule has 1 aliphatic rings. The van der Waals surface area contributed by atoms with E-state index in [-0.39, 0.29) is 13.4 Å². The molecular formula is C8H10B2O4. The molecule has 0 amide bonds. The Morgan fingerprint density at radius 1 is 1.29 bits per heavy atom. The van der Waals surface area contributed by atoms with Gasteiger partial charge in [0.05, 0.1) is 0 Å². The van der Waals surface area contributed by atoms with E-state index in [1.54, 1.807) is 25.0 Å². The normalized spacial score (nSPS) is 13.2. The molecule has 1 aliphatic heterocycles. The van der Waals surface area contributed by atoms with Crippen LogP contribution in [0.3, 0.4) is 0 Å². The fourth-order valence-electron chi connectivity index (χ4n) is 1.46. The lowest BCUT2D eigenvalue weighted by molar-refractivity contribution is 0.405. The average molecular weight is 192 g/mol. The van der Waals surface area contributed by atoms with Crippen molar-refractivity contribution in [1.82, 2.24) is 0 Å². The van der Waals surface area contributed by atoms with Crippen LogP contribution in [0.5, 0.6) is 11.5 Å². The SMILES string of the molecule is CB1Oc2ccc(CB(O)O)cc2O1. The zero-order chi connectivity index (χ0) is 10.1. The second-order valence-corrected chi connectivity index (χ2v) is 3.27. The molecule has 0 fully saturated rings. The summed E-state index contributed by atoms with van der Waals surface area (Å²) in [6, 6.07) is 5.33. The van der Waals surface area contributed by atoms with Crippen LogP contribution in [-0.4, -0.2) is 24.3 Å². The molecule has 0 bridgehead atoms. The van der Waals surface area contributed by atoms with Gasteiger partial charge in [-0.1, -0.05) is 6.07 Å². The van der Waals surface area contributed by atoms with Crippen LogP contribution in [0.4, 0.5) is 0 Å². The largest absolute Gasteiger partial charge is 0.591 e. The molecule has 4 nitrogen and oxygen atoms in total. The third kappa shape index (κ3) is 1.86. The van der Waals surface area contributed by atoms with E-state index in [0.717, 1.165) is 5.56 Å². The van der Waals surface area contributed by atoms with Gasteiger partial charge in [0.2, 0.25) is 0 Å². The highest BCUT2D eigenvalue weighted by molar-refractivity contribution is 6.45. The molecule has 0 saturated carbocycles.